The topological polar surface area (TPSA) is 116 Å². The summed E-state index contributed by atoms with van der Waals surface area (Å²) < 4.78 is 27.4. The number of anilines is 1. The normalized spacial score (nSPS) is 11.3. The fourth-order valence-corrected chi connectivity index (χ4v) is 4.16. The van der Waals surface area contributed by atoms with Crippen molar-refractivity contribution in [3.63, 3.8) is 0 Å². The van der Waals surface area contributed by atoms with Gasteiger partial charge in [0.25, 0.3) is 0 Å². The molecular weight excluding hydrogens is 416 g/mol. The number of urea groups is 1. The number of hydrogen-bond donors (Lipinski definition) is 4. The fourth-order valence-electron chi connectivity index (χ4n) is 2.80. The molecule has 2 aromatic carbocycles. The summed E-state index contributed by atoms with van der Waals surface area (Å²) in [7, 11) is -3.67. The summed E-state index contributed by atoms with van der Waals surface area (Å²) in [5, 5.41) is 8.22. The van der Waals surface area contributed by atoms with Gasteiger partial charge in [0.05, 0.1) is 4.90 Å². The van der Waals surface area contributed by atoms with Crippen molar-refractivity contribution in [1.82, 2.24) is 15.4 Å². The number of benzene rings is 2. The SMILES string of the molecule is Cc1ccc(C)c(S(=O)(=O)NCCC(=O)NCc2ccc(NC(=O)NC(C)C)cc2)c1. The zero-order valence-corrected chi connectivity index (χ0v) is 19.1. The highest BCUT2D eigenvalue weighted by Crippen LogP contribution is 2.16. The van der Waals surface area contributed by atoms with Gasteiger partial charge in [-0.2, -0.15) is 0 Å². The van der Waals surface area contributed by atoms with Crippen LogP contribution in [-0.4, -0.2) is 32.9 Å². The van der Waals surface area contributed by atoms with Crippen LogP contribution in [0.1, 0.15) is 37.0 Å². The zero-order chi connectivity index (χ0) is 23.0. The van der Waals surface area contributed by atoms with Gasteiger partial charge in [0.1, 0.15) is 0 Å². The molecule has 0 saturated heterocycles. The highest BCUT2D eigenvalue weighted by Gasteiger charge is 2.17. The smallest absolute Gasteiger partial charge is 0.319 e. The fraction of sp³-hybridized carbons (Fsp3) is 0.364. The Bertz CT molecular complexity index is 1020. The monoisotopic (exact) mass is 446 g/mol. The largest absolute Gasteiger partial charge is 0.352 e. The summed E-state index contributed by atoms with van der Waals surface area (Å²) in [4.78, 5) is 24.0. The number of nitrogens with one attached hydrogen (secondary N) is 4. The van der Waals surface area contributed by atoms with Crippen LogP contribution in [0.3, 0.4) is 0 Å². The van der Waals surface area contributed by atoms with Crippen molar-refractivity contribution in [2.24, 2.45) is 0 Å². The van der Waals surface area contributed by atoms with Gasteiger partial charge in [0, 0.05) is 31.2 Å². The van der Waals surface area contributed by atoms with Gasteiger partial charge in [-0.25, -0.2) is 17.9 Å². The van der Waals surface area contributed by atoms with Crippen molar-refractivity contribution in [3.8, 4) is 0 Å². The second-order valence-corrected chi connectivity index (χ2v) is 9.38. The summed E-state index contributed by atoms with van der Waals surface area (Å²) in [6.45, 7) is 7.63. The van der Waals surface area contributed by atoms with E-state index in [0.29, 0.717) is 17.8 Å². The first-order valence-electron chi connectivity index (χ1n) is 10.1. The lowest BCUT2D eigenvalue weighted by molar-refractivity contribution is -0.121. The molecule has 168 valence electrons. The lowest BCUT2D eigenvalue weighted by Crippen LogP contribution is -2.34. The van der Waals surface area contributed by atoms with Crippen LogP contribution in [0.15, 0.2) is 47.4 Å². The Hall–Kier alpha value is -2.91. The van der Waals surface area contributed by atoms with Gasteiger partial charge in [0.2, 0.25) is 15.9 Å². The van der Waals surface area contributed by atoms with Gasteiger partial charge >= 0.3 is 6.03 Å². The van der Waals surface area contributed by atoms with E-state index >= 15 is 0 Å². The van der Waals surface area contributed by atoms with E-state index in [4.69, 9.17) is 0 Å². The van der Waals surface area contributed by atoms with Crippen LogP contribution < -0.4 is 20.7 Å². The number of hydrogen-bond acceptors (Lipinski definition) is 4. The molecule has 8 nitrogen and oxygen atoms in total. The van der Waals surface area contributed by atoms with Crippen molar-refractivity contribution >= 4 is 27.6 Å². The maximum absolute atomic E-state index is 12.5. The predicted molar refractivity (Wildman–Crippen MR) is 121 cm³/mol. The molecule has 0 aliphatic rings. The standard InChI is InChI=1S/C22H30N4O4S/c1-15(2)25-22(28)26-19-9-7-18(8-10-19)14-23-21(27)11-12-24-31(29,30)20-13-16(3)5-6-17(20)4/h5-10,13,15,24H,11-12,14H2,1-4H3,(H,23,27)(H2,25,26,28). The molecule has 0 fully saturated rings. The molecule has 2 rings (SSSR count). The van der Waals surface area contributed by atoms with E-state index in [9.17, 15) is 18.0 Å². The van der Waals surface area contributed by atoms with Gasteiger partial charge in [-0.3, -0.25) is 4.79 Å². The Kier molecular flexibility index (Phi) is 8.58. The summed E-state index contributed by atoms with van der Waals surface area (Å²) in [6.07, 6.45) is 0.0269. The van der Waals surface area contributed by atoms with E-state index in [1.807, 2.05) is 26.8 Å². The molecule has 0 atom stereocenters. The molecule has 0 spiro atoms. The average Bonchev–Trinajstić information content (AvgIpc) is 2.68. The Labute approximate surface area is 183 Å². The third kappa shape index (κ3) is 8.03. The van der Waals surface area contributed by atoms with E-state index in [1.54, 1.807) is 43.3 Å². The van der Waals surface area contributed by atoms with Crippen LogP contribution in [0.4, 0.5) is 10.5 Å². The van der Waals surface area contributed by atoms with Crippen LogP contribution >= 0.6 is 0 Å². The molecule has 3 amide bonds. The molecule has 0 radical (unpaired) electrons. The second kappa shape index (κ2) is 10.9. The number of amides is 3. The minimum Gasteiger partial charge on any atom is -0.352 e. The zero-order valence-electron chi connectivity index (χ0n) is 18.3. The Morgan fingerprint density at radius 1 is 1.00 bits per heavy atom. The minimum absolute atomic E-state index is 0.00929. The van der Waals surface area contributed by atoms with Crippen molar-refractivity contribution in [1.29, 1.82) is 0 Å². The predicted octanol–water partition coefficient (Wildman–Crippen LogP) is 2.82. The molecule has 0 aliphatic carbocycles. The minimum atomic E-state index is -3.67. The lowest BCUT2D eigenvalue weighted by atomic mass is 10.2. The third-order valence-electron chi connectivity index (χ3n) is 4.40. The molecular formula is C22H30N4O4S. The number of aryl methyl sites for hydroxylation is 2. The number of sulfonamides is 1. The van der Waals surface area contributed by atoms with Gasteiger partial charge < -0.3 is 16.0 Å². The molecule has 0 heterocycles. The van der Waals surface area contributed by atoms with Crippen molar-refractivity contribution in [2.75, 3.05) is 11.9 Å². The van der Waals surface area contributed by atoms with E-state index in [0.717, 1.165) is 11.1 Å². The van der Waals surface area contributed by atoms with Crippen LogP contribution in [-0.2, 0) is 21.4 Å². The Balaban J connectivity index is 1.78. The van der Waals surface area contributed by atoms with Crippen molar-refractivity contribution in [2.45, 2.75) is 51.6 Å². The van der Waals surface area contributed by atoms with E-state index in [1.165, 1.54) is 0 Å². The van der Waals surface area contributed by atoms with E-state index in [2.05, 4.69) is 20.7 Å². The van der Waals surface area contributed by atoms with Crippen molar-refractivity contribution in [3.05, 3.63) is 59.2 Å². The van der Waals surface area contributed by atoms with Crippen LogP contribution in [0.25, 0.3) is 0 Å². The van der Waals surface area contributed by atoms with Gasteiger partial charge in [-0.05, 0) is 62.6 Å². The van der Waals surface area contributed by atoms with Crippen LogP contribution in [0, 0.1) is 13.8 Å². The van der Waals surface area contributed by atoms with Gasteiger partial charge in [0.15, 0.2) is 0 Å². The average molecular weight is 447 g/mol. The van der Waals surface area contributed by atoms with Crippen LogP contribution in [0.2, 0.25) is 0 Å². The molecule has 0 aromatic heterocycles. The first-order valence-corrected chi connectivity index (χ1v) is 11.5. The Morgan fingerprint density at radius 2 is 1.68 bits per heavy atom. The van der Waals surface area contributed by atoms with Gasteiger partial charge in [-0.1, -0.05) is 24.3 Å². The maximum atomic E-state index is 12.5. The van der Waals surface area contributed by atoms with E-state index in [-0.39, 0.29) is 35.8 Å². The molecule has 0 aliphatic heterocycles. The quantitative estimate of drug-likeness (QED) is 0.474. The van der Waals surface area contributed by atoms with E-state index < -0.39 is 10.0 Å². The summed E-state index contributed by atoms with van der Waals surface area (Å²) >= 11 is 0. The highest BCUT2D eigenvalue weighted by molar-refractivity contribution is 7.89. The molecule has 0 bridgehead atoms. The molecule has 31 heavy (non-hydrogen) atoms. The molecule has 9 heteroatoms. The number of carbonyl (C=O) groups is 2. The first-order chi connectivity index (χ1) is 14.6. The second-order valence-electron chi connectivity index (χ2n) is 7.64. The van der Waals surface area contributed by atoms with Gasteiger partial charge in [-0.15, -0.1) is 0 Å². The highest BCUT2D eigenvalue weighted by atomic mass is 32.2. The Morgan fingerprint density at radius 3 is 2.32 bits per heavy atom. The maximum Gasteiger partial charge on any atom is 0.319 e. The molecule has 0 saturated carbocycles. The number of rotatable bonds is 9. The van der Waals surface area contributed by atoms with Crippen molar-refractivity contribution < 1.29 is 18.0 Å². The summed E-state index contributed by atoms with van der Waals surface area (Å²) in [5.74, 6) is -0.262. The van der Waals surface area contributed by atoms with Crippen LogP contribution in [0.5, 0.6) is 0 Å². The molecule has 2 aromatic rings. The summed E-state index contributed by atoms with van der Waals surface area (Å²) in [5.41, 5.74) is 3.01. The molecule has 4 N–H and O–H groups in total. The first kappa shape index (κ1) is 24.4. The molecule has 0 unspecified atom stereocenters. The summed E-state index contributed by atoms with van der Waals surface area (Å²) in [6, 6.07) is 12.1. The third-order valence-corrected chi connectivity index (χ3v) is 6.00. The number of carbonyl (C=O) groups excluding carboxylic acids is 2. The lowest BCUT2D eigenvalue weighted by Gasteiger charge is -2.11.